The first-order chi connectivity index (χ1) is 9.64. The lowest BCUT2D eigenvalue weighted by Crippen LogP contribution is -2.22. The number of aromatic nitrogens is 1. The van der Waals surface area contributed by atoms with Crippen molar-refractivity contribution in [3.8, 4) is 11.3 Å². The molecule has 0 amide bonds. The van der Waals surface area contributed by atoms with Crippen LogP contribution in [0.25, 0.3) is 11.3 Å². The van der Waals surface area contributed by atoms with Gasteiger partial charge in [0.1, 0.15) is 10.6 Å². The van der Waals surface area contributed by atoms with Gasteiger partial charge in [-0.3, -0.25) is 0 Å². The first-order valence-corrected chi connectivity index (χ1v) is 7.71. The summed E-state index contributed by atoms with van der Waals surface area (Å²) in [6, 6.07) is 10.3. The highest BCUT2D eigenvalue weighted by Gasteiger charge is 2.29. The van der Waals surface area contributed by atoms with Crippen LogP contribution in [0, 0.1) is 0 Å². The number of methoxy groups -OCH3 is 1. The molecule has 0 fully saturated rings. The molecule has 1 unspecified atom stereocenters. The predicted octanol–water partition coefficient (Wildman–Crippen LogP) is 3.80. The van der Waals surface area contributed by atoms with E-state index in [0.29, 0.717) is 0 Å². The molecule has 1 atom stereocenters. The fourth-order valence-electron chi connectivity index (χ4n) is 2.06. The summed E-state index contributed by atoms with van der Waals surface area (Å²) in [6.07, 6.45) is 0.907. The predicted molar refractivity (Wildman–Crippen MR) is 85.0 cm³/mol. The van der Waals surface area contributed by atoms with Gasteiger partial charge in [0.2, 0.25) is 0 Å². The van der Waals surface area contributed by atoms with Gasteiger partial charge in [0.15, 0.2) is 0 Å². The molecule has 0 bridgehead atoms. The number of nitrogens with zero attached hydrogens (tertiary/aromatic N) is 1. The number of thiazole rings is 1. The largest absolute Gasteiger partial charge is 0.371 e. The van der Waals surface area contributed by atoms with E-state index in [2.05, 4.69) is 31.3 Å². The van der Waals surface area contributed by atoms with Crippen LogP contribution in [0.3, 0.4) is 0 Å². The van der Waals surface area contributed by atoms with Crippen molar-refractivity contribution in [3.05, 3.63) is 40.2 Å². The zero-order valence-corrected chi connectivity index (χ0v) is 13.4. The van der Waals surface area contributed by atoms with Gasteiger partial charge in [0.25, 0.3) is 0 Å². The van der Waals surface area contributed by atoms with Crippen LogP contribution in [0.15, 0.2) is 30.3 Å². The van der Waals surface area contributed by atoms with E-state index in [0.717, 1.165) is 29.2 Å². The van der Waals surface area contributed by atoms with E-state index < -0.39 is 0 Å². The molecule has 2 rings (SSSR count). The molecular weight excluding hydrogens is 268 g/mol. The highest BCUT2D eigenvalue weighted by atomic mass is 32.1. The average Bonchev–Trinajstić information content (AvgIpc) is 2.92. The van der Waals surface area contributed by atoms with E-state index in [9.17, 15) is 0 Å². The van der Waals surface area contributed by atoms with E-state index in [1.165, 1.54) is 4.88 Å². The standard InChI is InChI=1S/C16H22N2OS/c1-5-16(2,19-4)15-18-14(13(20-15)11-17-3)12-9-7-6-8-10-12/h6-10,17H,5,11H2,1-4H3. The van der Waals surface area contributed by atoms with Crippen molar-refractivity contribution in [2.24, 2.45) is 0 Å². The highest BCUT2D eigenvalue weighted by molar-refractivity contribution is 7.12. The fourth-order valence-corrected chi connectivity index (χ4v) is 3.35. The lowest BCUT2D eigenvalue weighted by molar-refractivity contribution is -0.00149. The smallest absolute Gasteiger partial charge is 0.125 e. The molecule has 0 aliphatic carbocycles. The van der Waals surface area contributed by atoms with Gasteiger partial charge < -0.3 is 10.1 Å². The van der Waals surface area contributed by atoms with E-state index in [1.807, 2.05) is 25.2 Å². The van der Waals surface area contributed by atoms with Crippen molar-refractivity contribution in [1.82, 2.24) is 10.3 Å². The van der Waals surface area contributed by atoms with E-state index in [4.69, 9.17) is 9.72 Å². The van der Waals surface area contributed by atoms with Crippen molar-refractivity contribution < 1.29 is 4.74 Å². The van der Waals surface area contributed by atoms with Crippen molar-refractivity contribution in [2.75, 3.05) is 14.2 Å². The van der Waals surface area contributed by atoms with Crippen molar-refractivity contribution >= 4 is 11.3 Å². The molecule has 1 heterocycles. The number of nitrogens with one attached hydrogen (secondary N) is 1. The Bertz CT molecular complexity index is 547. The van der Waals surface area contributed by atoms with Gasteiger partial charge in [-0.15, -0.1) is 11.3 Å². The summed E-state index contributed by atoms with van der Waals surface area (Å²) < 4.78 is 5.68. The summed E-state index contributed by atoms with van der Waals surface area (Å²) in [7, 11) is 3.72. The molecular formula is C16H22N2OS. The van der Waals surface area contributed by atoms with Crippen LogP contribution in [-0.2, 0) is 16.9 Å². The number of hydrogen-bond donors (Lipinski definition) is 1. The van der Waals surface area contributed by atoms with Gasteiger partial charge in [0.05, 0.1) is 5.69 Å². The van der Waals surface area contributed by atoms with Crippen LogP contribution in [0.5, 0.6) is 0 Å². The van der Waals surface area contributed by atoms with Gasteiger partial charge >= 0.3 is 0 Å². The number of benzene rings is 1. The molecule has 4 heteroatoms. The maximum Gasteiger partial charge on any atom is 0.125 e. The zero-order chi connectivity index (χ0) is 14.6. The molecule has 1 N–H and O–H groups in total. The summed E-state index contributed by atoms with van der Waals surface area (Å²) >= 11 is 1.74. The minimum absolute atomic E-state index is 0.305. The summed E-state index contributed by atoms with van der Waals surface area (Å²) in [5.41, 5.74) is 1.92. The molecule has 0 saturated carbocycles. The Balaban J connectivity index is 2.49. The minimum atomic E-state index is -0.305. The molecule has 1 aromatic carbocycles. The number of hydrogen-bond acceptors (Lipinski definition) is 4. The van der Waals surface area contributed by atoms with Crippen molar-refractivity contribution in [2.45, 2.75) is 32.4 Å². The average molecular weight is 290 g/mol. The van der Waals surface area contributed by atoms with Crippen LogP contribution in [-0.4, -0.2) is 19.1 Å². The monoisotopic (exact) mass is 290 g/mol. The summed E-state index contributed by atoms with van der Waals surface area (Å²) in [4.78, 5) is 6.12. The molecule has 2 aromatic rings. The van der Waals surface area contributed by atoms with Gasteiger partial charge in [0, 0.05) is 24.1 Å². The topological polar surface area (TPSA) is 34.1 Å². The lowest BCUT2D eigenvalue weighted by atomic mass is 10.0. The van der Waals surface area contributed by atoms with E-state index in [-0.39, 0.29) is 5.60 Å². The third-order valence-corrected chi connectivity index (χ3v) is 4.96. The second kappa shape index (κ2) is 6.48. The molecule has 3 nitrogen and oxygen atoms in total. The third-order valence-electron chi connectivity index (χ3n) is 3.66. The van der Waals surface area contributed by atoms with Crippen LogP contribution in [0.1, 0.15) is 30.2 Å². The molecule has 108 valence electrons. The minimum Gasteiger partial charge on any atom is -0.371 e. The molecule has 0 aliphatic rings. The molecule has 1 aromatic heterocycles. The van der Waals surface area contributed by atoms with Crippen LogP contribution < -0.4 is 5.32 Å². The van der Waals surface area contributed by atoms with Crippen LogP contribution in [0.2, 0.25) is 0 Å². The maximum absolute atomic E-state index is 5.68. The molecule has 0 saturated heterocycles. The summed E-state index contributed by atoms with van der Waals surface area (Å²) in [5, 5.41) is 4.27. The second-order valence-electron chi connectivity index (χ2n) is 4.98. The van der Waals surface area contributed by atoms with E-state index >= 15 is 0 Å². The first kappa shape index (κ1) is 15.2. The Morgan fingerprint density at radius 3 is 2.55 bits per heavy atom. The lowest BCUT2D eigenvalue weighted by Gasteiger charge is -2.23. The Kier molecular flexibility index (Phi) is 4.91. The van der Waals surface area contributed by atoms with Gasteiger partial charge in [-0.25, -0.2) is 4.98 Å². The Morgan fingerprint density at radius 1 is 1.30 bits per heavy atom. The SMILES string of the molecule is CCC(C)(OC)c1nc(-c2ccccc2)c(CNC)s1. The quantitative estimate of drug-likeness (QED) is 0.878. The van der Waals surface area contributed by atoms with Crippen molar-refractivity contribution in [1.29, 1.82) is 0 Å². The third kappa shape index (κ3) is 2.92. The Morgan fingerprint density at radius 2 is 2.00 bits per heavy atom. The molecule has 20 heavy (non-hydrogen) atoms. The fraction of sp³-hybridized carbons (Fsp3) is 0.438. The molecule has 0 radical (unpaired) electrons. The zero-order valence-electron chi connectivity index (χ0n) is 12.6. The van der Waals surface area contributed by atoms with Crippen LogP contribution in [0.4, 0.5) is 0 Å². The first-order valence-electron chi connectivity index (χ1n) is 6.90. The summed E-state index contributed by atoms with van der Waals surface area (Å²) in [5.74, 6) is 0. The molecule has 0 aliphatic heterocycles. The molecule has 0 spiro atoms. The Hall–Kier alpha value is -1.23. The Labute approximate surface area is 125 Å². The van der Waals surface area contributed by atoms with Crippen LogP contribution >= 0.6 is 11.3 Å². The van der Waals surface area contributed by atoms with Crippen molar-refractivity contribution in [3.63, 3.8) is 0 Å². The number of ether oxygens (including phenoxy) is 1. The van der Waals surface area contributed by atoms with E-state index in [1.54, 1.807) is 18.4 Å². The number of rotatable bonds is 6. The van der Waals surface area contributed by atoms with Gasteiger partial charge in [-0.2, -0.15) is 0 Å². The van der Waals surface area contributed by atoms with Gasteiger partial charge in [-0.1, -0.05) is 37.3 Å². The highest BCUT2D eigenvalue weighted by Crippen LogP contribution is 2.36. The maximum atomic E-state index is 5.68. The summed E-state index contributed by atoms with van der Waals surface area (Å²) in [6.45, 7) is 5.06. The normalized spacial score (nSPS) is 14.2. The second-order valence-corrected chi connectivity index (χ2v) is 6.06. The van der Waals surface area contributed by atoms with Gasteiger partial charge in [-0.05, 0) is 20.4 Å².